The maximum atomic E-state index is 10.5. The number of rotatable bonds is 13. The summed E-state index contributed by atoms with van der Waals surface area (Å²) < 4.78 is 0. The van der Waals surface area contributed by atoms with Gasteiger partial charge in [0.15, 0.2) is 11.9 Å². The standard InChI is InChI=1S/2C6H13N5O3/c7-4(5(12)13)1-3(11-14)2-10-6(8)9;7-6(8)9-3-1-2-4(5(12)13)10-11-14/h3-4H,1-2,7H2,(H,12,13)(H4,8,9,10);4H,1-3H2,(H,10,14)(H,12,13)(H4,7,8,9)/t3?,4-;4-/m00/s1. The van der Waals surface area contributed by atoms with Gasteiger partial charge in [0.25, 0.3) is 0 Å². The zero-order valence-corrected chi connectivity index (χ0v) is 15.0. The summed E-state index contributed by atoms with van der Waals surface area (Å²) in [7, 11) is 0. The van der Waals surface area contributed by atoms with Crippen molar-refractivity contribution in [2.24, 2.45) is 49.1 Å². The third-order valence-corrected chi connectivity index (χ3v) is 2.93. The molecule has 16 heteroatoms. The SMILES string of the molecule is NC(N)=NCC(C[C@H](N)C(=O)O)N=O.NC(N)=NCCC[C@H](NN=O)C(=O)O. The first-order chi connectivity index (χ1) is 13.0. The molecule has 0 saturated carbocycles. The molecule has 0 bridgehead atoms. The van der Waals surface area contributed by atoms with Gasteiger partial charge in [-0.3, -0.25) is 20.2 Å². The number of hydrogen-bond donors (Lipinski definition) is 8. The number of aliphatic imine (C=N–C) groups is 2. The zero-order chi connectivity index (χ0) is 22.1. The van der Waals surface area contributed by atoms with Crippen molar-refractivity contribution in [2.75, 3.05) is 13.1 Å². The highest BCUT2D eigenvalue weighted by Crippen LogP contribution is 2.02. The molecular weight excluding hydrogens is 380 g/mol. The smallest absolute Gasteiger partial charge is 0.327 e. The quantitative estimate of drug-likeness (QED) is 0.0497. The Balaban J connectivity index is 0. The minimum absolute atomic E-state index is 0.0432. The lowest BCUT2D eigenvalue weighted by atomic mass is 10.1. The molecule has 16 nitrogen and oxygen atoms in total. The molecule has 0 fully saturated rings. The molecule has 3 atom stereocenters. The van der Waals surface area contributed by atoms with Gasteiger partial charge in [0.1, 0.15) is 18.1 Å². The summed E-state index contributed by atoms with van der Waals surface area (Å²) in [4.78, 5) is 48.0. The van der Waals surface area contributed by atoms with Gasteiger partial charge in [-0.1, -0.05) is 5.18 Å². The van der Waals surface area contributed by atoms with E-state index < -0.39 is 30.1 Å². The Morgan fingerprint density at radius 2 is 1.54 bits per heavy atom. The Morgan fingerprint density at radius 1 is 0.964 bits per heavy atom. The van der Waals surface area contributed by atoms with E-state index in [-0.39, 0.29) is 31.3 Å². The normalized spacial score (nSPS) is 12.8. The number of carboxylic acids is 2. The number of nitrogens with two attached hydrogens (primary N) is 5. The van der Waals surface area contributed by atoms with E-state index in [4.69, 9.17) is 38.9 Å². The van der Waals surface area contributed by atoms with Crippen LogP contribution in [0.15, 0.2) is 20.4 Å². The van der Waals surface area contributed by atoms with Crippen LogP contribution in [0.2, 0.25) is 0 Å². The second-order valence-electron chi connectivity index (χ2n) is 5.27. The van der Waals surface area contributed by atoms with E-state index in [9.17, 15) is 19.4 Å². The van der Waals surface area contributed by atoms with Crippen molar-refractivity contribution >= 4 is 23.9 Å². The Morgan fingerprint density at radius 3 is 1.93 bits per heavy atom. The minimum Gasteiger partial charge on any atom is -0.480 e. The van der Waals surface area contributed by atoms with Crippen LogP contribution in [0.5, 0.6) is 0 Å². The van der Waals surface area contributed by atoms with Crippen molar-refractivity contribution < 1.29 is 19.8 Å². The summed E-state index contributed by atoms with van der Waals surface area (Å²) in [6, 6.07) is -2.93. The van der Waals surface area contributed by atoms with E-state index in [1.165, 1.54) is 0 Å². The van der Waals surface area contributed by atoms with Crippen LogP contribution in [0.3, 0.4) is 0 Å². The Hall–Kier alpha value is -3.56. The first-order valence-electron chi connectivity index (χ1n) is 7.77. The maximum Gasteiger partial charge on any atom is 0.327 e. The molecule has 0 aliphatic rings. The van der Waals surface area contributed by atoms with Crippen LogP contribution in [0.4, 0.5) is 0 Å². The number of nitrogens with zero attached hydrogens (tertiary/aromatic N) is 4. The summed E-state index contributed by atoms with van der Waals surface area (Å²) in [5.41, 5.74) is 27.3. The minimum atomic E-state index is -1.19. The summed E-state index contributed by atoms with van der Waals surface area (Å²) in [6.07, 6.45) is 0.602. The highest BCUT2D eigenvalue weighted by Gasteiger charge is 2.19. The maximum absolute atomic E-state index is 10.5. The predicted octanol–water partition coefficient (Wildman–Crippen LogP) is -3.04. The number of guanidine groups is 2. The number of carboxylic acid groups (broad SMARTS) is 2. The molecule has 0 aliphatic carbocycles. The average Bonchev–Trinajstić information content (AvgIpc) is 2.60. The molecule has 0 aromatic heterocycles. The molecule has 0 heterocycles. The van der Waals surface area contributed by atoms with Gasteiger partial charge >= 0.3 is 11.9 Å². The van der Waals surface area contributed by atoms with Gasteiger partial charge in [0.05, 0.1) is 11.8 Å². The Labute approximate surface area is 159 Å². The van der Waals surface area contributed by atoms with Gasteiger partial charge in [-0.2, -0.15) is 4.91 Å². The van der Waals surface area contributed by atoms with E-state index in [0.29, 0.717) is 13.0 Å². The molecule has 13 N–H and O–H groups in total. The molecule has 0 aromatic rings. The molecule has 0 aliphatic heterocycles. The van der Waals surface area contributed by atoms with Gasteiger partial charge in [-0.05, 0) is 12.8 Å². The van der Waals surface area contributed by atoms with Gasteiger partial charge in [-0.15, -0.1) is 4.91 Å². The Kier molecular flexibility index (Phi) is 14.9. The molecule has 28 heavy (non-hydrogen) atoms. The van der Waals surface area contributed by atoms with Crippen LogP contribution in [0, 0.1) is 9.81 Å². The summed E-state index contributed by atoms with van der Waals surface area (Å²) in [6.45, 7) is 0.277. The van der Waals surface area contributed by atoms with E-state index in [1.54, 1.807) is 0 Å². The molecule has 160 valence electrons. The molecule has 0 amide bonds. The summed E-state index contributed by atoms with van der Waals surface area (Å²) in [5.74, 6) is -2.54. The first kappa shape index (κ1) is 26.7. The third kappa shape index (κ3) is 15.9. The second kappa shape index (κ2) is 15.7. The molecule has 1 unspecified atom stereocenters. The Bertz CT molecular complexity index is 561. The highest BCUT2D eigenvalue weighted by atomic mass is 16.4. The topological polar surface area (TPSA) is 300 Å². The van der Waals surface area contributed by atoms with Crippen molar-refractivity contribution in [3.05, 3.63) is 9.81 Å². The van der Waals surface area contributed by atoms with E-state index in [1.807, 2.05) is 5.43 Å². The second-order valence-corrected chi connectivity index (χ2v) is 5.27. The van der Waals surface area contributed by atoms with Gasteiger partial charge in [0, 0.05) is 13.0 Å². The number of aliphatic carboxylic acids is 2. The van der Waals surface area contributed by atoms with Crippen LogP contribution >= 0.6 is 0 Å². The van der Waals surface area contributed by atoms with Crippen LogP contribution in [0.25, 0.3) is 0 Å². The summed E-state index contributed by atoms with van der Waals surface area (Å²) in [5, 5.41) is 22.0. The summed E-state index contributed by atoms with van der Waals surface area (Å²) >= 11 is 0. The number of nitroso groups, excluding NO2 is 2. The van der Waals surface area contributed by atoms with Crippen molar-refractivity contribution in [1.29, 1.82) is 0 Å². The van der Waals surface area contributed by atoms with Crippen LogP contribution < -0.4 is 34.1 Å². The van der Waals surface area contributed by atoms with Crippen molar-refractivity contribution in [2.45, 2.75) is 37.4 Å². The van der Waals surface area contributed by atoms with Crippen molar-refractivity contribution in [3.63, 3.8) is 0 Å². The van der Waals surface area contributed by atoms with Gasteiger partial charge < -0.3 is 38.9 Å². The van der Waals surface area contributed by atoms with Crippen molar-refractivity contribution in [3.8, 4) is 0 Å². The zero-order valence-electron chi connectivity index (χ0n) is 15.0. The average molecular weight is 406 g/mol. The van der Waals surface area contributed by atoms with E-state index in [0.717, 1.165) is 0 Å². The number of nitrogens with one attached hydrogen (secondary N) is 1. The fraction of sp³-hybridized carbons (Fsp3) is 0.667. The van der Waals surface area contributed by atoms with E-state index in [2.05, 4.69) is 20.4 Å². The van der Waals surface area contributed by atoms with Gasteiger partial charge in [0.2, 0.25) is 0 Å². The number of carbonyl (C=O) groups is 2. The van der Waals surface area contributed by atoms with Gasteiger partial charge in [-0.25, -0.2) is 4.79 Å². The lowest BCUT2D eigenvalue weighted by molar-refractivity contribution is -0.140. The predicted molar refractivity (Wildman–Crippen MR) is 101 cm³/mol. The molecule has 0 spiro atoms. The van der Waals surface area contributed by atoms with Crippen LogP contribution in [0.1, 0.15) is 19.3 Å². The van der Waals surface area contributed by atoms with Crippen LogP contribution in [-0.2, 0) is 9.59 Å². The molecule has 0 aromatic carbocycles. The molecule has 0 radical (unpaired) electrons. The number of hydrogen-bond acceptors (Lipinski definition) is 9. The molecule has 0 rings (SSSR count). The largest absolute Gasteiger partial charge is 0.480 e. The third-order valence-electron chi connectivity index (χ3n) is 2.93. The fourth-order valence-corrected chi connectivity index (χ4v) is 1.57. The first-order valence-corrected chi connectivity index (χ1v) is 7.77. The molecule has 0 saturated heterocycles. The fourth-order valence-electron chi connectivity index (χ4n) is 1.57. The monoisotopic (exact) mass is 406 g/mol. The van der Waals surface area contributed by atoms with Crippen LogP contribution in [-0.4, -0.2) is 65.3 Å². The lowest BCUT2D eigenvalue weighted by Gasteiger charge is -2.09. The molecular formula is C12H26N10O6. The lowest BCUT2D eigenvalue weighted by Crippen LogP contribution is -2.34. The van der Waals surface area contributed by atoms with Crippen molar-refractivity contribution in [1.82, 2.24) is 5.43 Å². The highest BCUT2D eigenvalue weighted by molar-refractivity contribution is 5.76. The van der Waals surface area contributed by atoms with E-state index >= 15 is 0 Å².